The average molecular weight is 440 g/mol. The lowest BCUT2D eigenvalue weighted by atomic mass is 10.0. The van der Waals surface area contributed by atoms with Crippen LogP contribution in [-0.2, 0) is 4.79 Å². The molecule has 7 heteroatoms. The molecule has 0 bridgehead atoms. The van der Waals surface area contributed by atoms with E-state index in [0.29, 0.717) is 23.4 Å². The predicted octanol–water partition coefficient (Wildman–Crippen LogP) is 3.84. The number of piperazine rings is 1. The highest BCUT2D eigenvalue weighted by molar-refractivity contribution is 5.99. The van der Waals surface area contributed by atoms with Gasteiger partial charge in [0.05, 0.1) is 25.6 Å². The first-order valence-corrected chi connectivity index (χ1v) is 11.1. The van der Waals surface area contributed by atoms with Crippen molar-refractivity contribution >= 4 is 23.1 Å². The lowest BCUT2D eigenvalue weighted by Crippen LogP contribution is -2.46. The van der Waals surface area contributed by atoms with Crippen LogP contribution in [-0.4, -0.2) is 63.5 Å². The highest BCUT2D eigenvalue weighted by Crippen LogP contribution is 2.28. The van der Waals surface area contributed by atoms with Crippen LogP contribution in [0.2, 0.25) is 0 Å². The minimum absolute atomic E-state index is 0.0836. The van der Waals surface area contributed by atoms with E-state index < -0.39 is 0 Å². The number of methoxy groups -OCH3 is 2. The van der Waals surface area contributed by atoms with E-state index in [9.17, 15) is 9.59 Å². The summed E-state index contributed by atoms with van der Waals surface area (Å²) >= 11 is 0. The Balaban J connectivity index is 1.42. The molecular weight excluding hydrogens is 406 g/mol. The predicted molar refractivity (Wildman–Crippen MR) is 127 cm³/mol. The van der Waals surface area contributed by atoms with Crippen LogP contribution < -0.4 is 19.7 Å². The zero-order valence-electron chi connectivity index (χ0n) is 19.2. The van der Waals surface area contributed by atoms with Gasteiger partial charge in [0.1, 0.15) is 11.5 Å². The summed E-state index contributed by atoms with van der Waals surface area (Å²) < 4.78 is 10.7. The topological polar surface area (TPSA) is 71.1 Å². The second-order valence-corrected chi connectivity index (χ2v) is 7.98. The Hall–Kier alpha value is -3.06. The maximum absolute atomic E-state index is 12.6. The van der Waals surface area contributed by atoms with E-state index in [1.54, 1.807) is 25.3 Å². The van der Waals surface area contributed by atoms with Gasteiger partial charge < -0.3 is 19.7 Å². The lowest BCUT2D eigenvalue weighted by Gasteiger charge is -2.36. The van der Waals surface area contributed by atoms with E-state index in [2.05, 4.69) is 21.2 Å². The lowest BCUT2D eigenvalue weighted by molar-refractivity contribution is -0.114. The van der Waals surface area contributed by atoms with Crippen LogP contribution in [0.4, 0.5) is 11.4 Å². The molecular formula is C25H33N3O4. The largest absolute Gasteiger partial charge is 0.495 e. The minimum Gasteiger partial charge on any atom is -0.495 e. The summed E-state index contributed by atoms with van der Waals surface area (Å²) in [5, 5.41) is 2.72. The van der Waals surface area contributed by atoms with Crippen molar-refractivity contribution in [2.45, 2.75) is 26.2 Å². The van der Waals surface area contributed by atoms with Gasteiger partial charge in [-0.3, -0.25) is 14.5 Å². The molecule has 2 aromatic carbocycles. The molecule has 1 saturated heterocycles. The van der Waals surface area contributed by atoms with Crippen LogP contribution >= 0.6 is 0 Å². The number of carbonyl (C=O) groups is 2. The van der Waals surface area contributed by atoms with Crippen molar-refractivity contribution in [2.24, 2.45) is 0 Å². The summed E-state index contributed by atoms with van der Waals surface area (Å²) in [5.41, 5.74) is 2.28. The van der Waals surface area contributed by atoms with Crippen molar-refractivity contribution in [2.75, 3.05) is 57.2 Å². The molecule has 1 amide bonds. The summed E-state index contributed by atoms with van der Waals surface area (Å²) in [5.74, 6) is 1.35. The average Bonchev–Trinajstić information content (AvgIpc) is 2.81. The number of anilines is 2. The molecule has 0 unspecified atom stereocenters. The van der Waals surface area contributed by atoms with Crippen LogP contribution in [0.3, 0.4) is 0 Å². The van der Waals surface area contributed by atoms with Crippen LogP contribution in [0.1, 0.15) is 36.5 Å². The minimum atomic E-state index is -0.196. The Morgan fingerprint density at radius 3 is 2.34 bits per heavy atom. The Bertz CT molecular complexity index is 923. The molecule has 1 aliphatic heterocycles. The molecule has 172 valence electrons. The number of unbranched alkanes of at least 4 members (excludes halogenated alkanes) is 1. The molecule has 0 atom stereocenters. The molecule has 7 nitrogen and oxygen atoms in total. The highest BCUT2D eigenvalue weighted by atomic mass is 16.5. The van der Waals surface area contributed by atoms with Crippen molar-refractivity contribution in [3.63, 3.8) is 0 Å². The number of hydrogen-bond donors (Lipinski definition) is 1. The number of rotatable bonds is 10. The molecule has 32 heavy (non-hydrogen) atoms. The second kappa shape index (κ2) is 11.5. The third kappa shape index (κ3) is 6.23. The molecule has 1 N–H and O–H groups in total. The Morgan fingerprint density at radius 2 is 1.66 bits per heavy atom. The fraction of sp³-hybridized carbons (Fsp3) is 0.440. The summed E-state index contributed by atoms with van der Waals surface area (Å²) in [4.78, 5) is 28.8. The van der Waals surface area contributed by atoms with E-state index in [-0.39, 0.29) is 11.7 Å². The van der Waals surface area contributed by atoms with Crippen molar-refractivity contribution in [1.29, 1.82) is 0 Å². The number of para-hydroxylation sites is 2. The van der Waals surface area contributed by atoms with Gasteiger partial charge in [-0.2, -0.15) is 0 Å². The number of nitrogens with zero attached hydrogens (tertiary/aromatic N) is 2. The summed E-state index contributed by atoms with van der Waals surface area (Å²) in [7, 11) is 3.25. The molecule has 0 aromatic heterocycles. The van der Waals surface area contributed by atoms with E-state index in [4.69, 9.17) is 9.47 Å². The molecule has 0 saturated carbocycles. The van der Waals surface area contributed by atoms with Gasteiger partial charge in [0, 0.05) is 45.1 Å². The number of hydrogen-bond acceptors (Lipinski definition) is 6. The smallest absolute Gasteiger partial charge is 0.221 e. The number of ketones is 1. The zero-order chi connectivity index (χ0) is 22.9. The second-order valence-electron chi connectivity index (χ2n) is 7.98. The number of ether oxygens (including phenoxy) is 2. The number of benzene rings is 2. The molecule has 2 aromatic rings. The van der Waals surface area contributed by atoms with Crippen LogP contribution in [0.5, 0.6) is 11.5 Å². The van der Waals surface area contributed by atoms with Crippen molar-refractivity contribution in [3.8, 4) is 11.5 Å². The highest BCUT2D eigenvalue weighted by Gasteiger charge is 2.19. The maximum Gasteiger partial charge on any atom is 0.221 e. The number of nitrogens with one attached hydrogen (secondary N) is 1. The van der Waals surface area contributed by atoms with Crippen molar-refractivity contribution in [1.82, 2.24) is 4.90 Å². The number of Topliss-reactive ketones (excluding diaryl/α,β-unsaturated/α-hetero) is 1. The van der Waals surface area contributed by atoms with Crippen molar-refractivity contribution < 1.29 is 19.1 Å². The summed E-state index contributed by atoms with van der Waals surface area (Å²) in [6, 6.07) is 13.3. The summed E-state index contributed by atoms with van der Waals surface area (Å²) in [6.07, 6.45) is 2.31. The molecule has 3 rings (SSSR count). The van der Waals surface area contributed by atoms with Gasteiger partial charge in [0.2, 0.25) is 5.91 Å². The molecule has 0 spiro atoms. The quantitative estimate of drug-likeness (QED) is 0.448. The summed E-state index contributed by atoms with van der Waals surface area (Å²) in [6.45, 7) is 6.38. The van der Waals surface area contributed by atoms with E-state index >= 15 is 0 Å². The monoisotopic (exact) mass is 439 g/mol. The first kappa shape index (κ1) is 23.6. The fourth-order valence-electron chi connectivity index (χ4n) is 4.04. The maximum atomic E-state index is 12.6. The third-order valence-corrected chi connectivity index (χ3v) is 5.76. The first-order chi connectivity index (χ1) is 15.5. The zero-order valence-corrected chi connectivity index (χ0v) is 19.2. The normalized spacial score (nSPS) is 14.2. The molecule has 1 fully saturated rings. The van der Waals surface area contributed by atoms with Gasteiger partial charge in [-0.15, -0.1) is 0 Å². The van der Waals surface area contributed by atoms with Crippen molar-refractivity contribution in [3.05, 3.63) is 48.0 Å². The van der Waals surface area contributed by atoms with Gasteiger partial charge in [-0.25, -0.2) is 0 Å². The Kier molecular flexibility index (Phi) is 8.50. The van der Waals surface area contributed by atoms with Crippen LogP contribution in [0.25, 0.3) is 0 Å². The molecule has 1 heterocycles. The van der Waals surface area contributed by atoms with Gasteiger partial charge in [-0.05, 0) is 49.7 Å². The van der Waals surface area contributed by atoms with Gasteiger partial charge in [-0.1, -0.05) is 12.1 Å². The van der Waals surface area contributed by atoms with Gasteiger partial charge >= 0.3 is 0 Å². The van der Waals surface area contributed by atoms with Crippen LogP contribution in [0.15, 0.2) is 42.5 Å². The fourth-order valence-corrected chi connectivity index (χ4v) is 4.04. The first-order valence-electron chi connectivity index (χ1n) is 11.1. The standard InChI is InChI=1S/C25H33N3O4/c1-19(29)26-21-18-20(11-12-24(21)31-2)23(30)9-6-7-13-27-14-16-28(17-15-27)22-8-4-5-10-25(22)32-3/h4-5,8,10-12,18H,6-7,9,13-17H2,1-3H3,(H,26,29). The van der Waals surface area contributed by atoms with E-state index in [0.717, 1.165) is 57.0 Å². The molecule has 0 aliphatic carbocycles. The van der Waals surface area contributed by atoms with Gasteiger partial charge in [0.25, 0.3) is 0 Å². The Labute approximate surface area is 190 Å². The van der Waals surface area contributed by atoms with E-state index in [1.807, 2.05) is 18.2 Å². The van der Waals surface area contributed by atoms with Crippen LogP contribution in [0, 0.1) is 0 Å². The third-order valence-electron chi connectivity index (χ3n) is 5.76. The molecule has 0 radical (unpaired) electrons. The SMILES string of the molecule is COc1ccc(C(=O)CCCCN2CCN(c3ccccc3OC)CC2)cc1NC(C)=O. The number of carbonyl (C=O) groups excluding carboxylic acids is 2. The number of amides is 1. The van der Waals surface area contributed by atoms with E-state index in [1.165, 1.54) is 14.0 Å². The molecule has 1 aliphatic rings. The van der Waals surface area contributed by atoms with Gasteiger partial charge in [0.15, 0.2) is 5.78 Å². The Morgan fingerprint density at radius 1 is 0.938 bits per heavy atom.